The molecule has 0 aliphatic rings. The maximum absolute atomic E-state index is 12.5. The van der Waals surface area contributed by atoms with Gasteiger partial charge in [-0.15, -0.1) is 11.3 Å². The van der Waals surface area contributed by atoms with Crippen molar-refractivity contribution in [3.05, 3.63) is 70.0 Å². The van der Waals surface area contributed by atoms with Crippen molar-refractivity contribution in [3.63, 3.8) is 0 Å². The van der Waals surface area contributed by atoms with Crippen LogP contribution in [0, 0.1) is 20.8 Å². The minimum atomic E-state index is -0.408. The minimum absolute atomic E-state index is 0.158. The summed E-state index contributed by atoms with van der Waals surface area (Å²) in [5.41, 5.74) is 4.10. The van der Waals surface area contributed by atoms with Crippen LogP contribution in [-0.2, 0) is 16.0 Å². The summed E-state index contributed by atoms with van der Waals surface area (Å²) >= 11 is 1.53. The van der Waals surface area contributed by atoms with E-state index in [1.165, 1.54) is 11.3 Å². The zero-order valence-corrected chi connectivity index (χ0v) is 15.8. The molecule has 0 N–H and O–H groups in total. The van der Waals surface area contributed by atoms with Crippen LogP contribution in [0.25, 0.3) is 5.13 Å². The summed E-state index contributed by atoms with van der Waals surface area (Å²) in [4.78, 5) is 28.9. The summed E-state index contributed by atoms with van der Waals surface area (Å²) in [6, 6.07) is 11.1. The molecule has 0 bridgehead atoms. The highest BCUT2D eigenvalue weighted by atomic mass is 32.1. The lowest BCUT2D eigenvalue weighted by Gasteiger charge is -2.06. The molecule has 0 radical (unpaired) electrons. The number of nitrogens with zero attached hydrogens (tertiary/aromatic N) is 2. The Balaban J connectivity index is 1.68. The first-order chi connectivity index (χ1) is 12.5. The second-order valence-electron chi connectivity index (χ2n) is 6.14. The van der Waals surface area contributed by atoms with Gasteiger partial charge < -0.3 is 4.74 Å². The van der Waals surface area contributed by atoms with Crippen LogP contribution in [0.3, 0.4) is 0 Å². The molecule has 0 atom stereocenters. The number of aromatic nitrogens is 2. The third-order valence-electron chi connectivity index (χ3n) is 4.09. The van der Waals surface area contributed by atoms with Crippen LogP contribution in [0.2, 0.25) is 0 Å². The van der Waals surface area contributed by atoms with Gasteiger partial charge in [-0.1, -0.05) is 30.3 Å². The smallest absolute Gasteiger partial charge is 0.310 e. The van der Waals surface area contributed by atoms with Crippen molar-refractivity contribution in [1.82, 2.24) is 9.55 Å². The maximum atomic E-state index is 12.5. The largest absolute Gasteiger partial charge is 0.457 e. The minimum Gasteiger partial charge on any atom is -0.457 e. The first kappa shape index (κ1) is 18.1. The SMILES string of the molecule is Cc1csc(-n2c(C)cc(C(=O)COC(=O)Cc3ccccc3)c2C)n1. The van der Waals surface area contributed by atoms with E-state index in [0.717, 1.165) is 27.8 Å². The van der Waals surface area contributed by atoms with E-state index in [4.69, 9.17) is 4.74 Å². The lowest BCUT2D eigenvalue weighted by atomic mass is 10.1. The van der Waals surface area contributed by atoms with Gasteiger partial charge in [-0.3, -0.25) is 14.2 Å². The van der Waals surface area contributed by atoms with Gasteiger partial charge in [-0.25, -0.2) is 4.98 Å². The number of aryl methyl sites for hydroxylation is 2. The van der Waals surface area contributed by atoms with Crippen molar-refractivity contribution in [2.75, 3.05) is 6.61 Å². The maximum Gasteiger partial charge on any atom is 0.310 e. The van der Waals surface area contributed by atoms with Crippen molar-refractivity contribution in [3.8, 4) is 5.13 Å². The lowest BCUT2D eigenvalue weighted by Crippen LogP contribution is -2.16. The fraction of sp³-hybridized carbons (Fsp3) is 0.250. The van der Waals surface area contributed by atoms with E-state index in [1.807, 2.05) is 67.1 Å². The van der Waals surface area contributed by atoms with E-state index >= 15 is 0 Å². The van der Waals surface area contributed by atoms with Gasteiger partial charge in [0.1, 0.15) is 0 Å². The summed E-state index contributed by atoms with van der Waals surface area (Å²) in [6.07, 6.45) is 0.158. The van der Waals surface area contributed by atoms with E-state index in [9.17, 15) is 9.59 Å². The molecular formula is C20H20N2O3S. The average Bonchev–Trinajstić information content (AvgIpc) is 3.16. The predicted octanol–water partition coefficient (Wildman–Crippen LogP) is 3.83. The molecule has 6 heteroatoms. The number of rotatable bonds is 6. The van der Waals surface area contributed by atoms with E-state index in [0.29, 0.717) is 5.56 Å². The van der Waals surface area contributed by atoms with E-state index < -0.39 is 5.97 Å². The van der Waals surface area contributed by atoms with Crippen molar-refractivity contribution in [1.29, 1.82) is 0 Å². The zero-order valence-electron chi connectivity index (χ0n) is 15.0. The predicted molar refractivity (Wildman–Crippen MR) is 101 cm³/mol. The van der Waals surface area contributed by atoms with Gasteiger partial charge in [0.05, 0.1) is 12.1 Å². The summed E-state index contributed by atoms with van der Waals surface area (Å²) in [6.45, 7) is 5.49. The molecule has 2 aromatic heterocycles. The summed E-state index contributed by atoms with van der Waals surface area (Å²) in [5.74, 6) is -0.618. The van der Waals surface area contributed by atoms with Gasteiger partial charge in [0.15, 0.2) is 11.7 Å². The second kappa shape index (κ2) is 7.66. The summed E-state index contributed by atoms with van der Waals surface area (Å²) in [7, 11) is 0. The molecule has 0 spiro atoms. The molecule has 0 unspecified atom stereocenters. The molecular weight excluding hydrogens is 348 g/mol. The van der Waals surface area contributed by atoms with Gasteiger partial charge in [0.2, 0.25) is 5.78 Å². The monoisotopic (exact) mass is 368 g/mol. The summed E-state index contributed by atoms with van der Waals surface area (Å²) < 4.78 is 7.12. The van der Waals surface area contributed by atoms with Crippen molar-refractivity contribution < 1.29 is 14.3 Å². The van der Waals surface area contributed by atoms with Gasteiger partial charge in [-0.05, 0) is 32.4 Å². The van der Waals surface area contributed by atoms with Crippen LogP contribution < -0.4 is 0 Å². The zero-order chi connectivity index (χ0) is 18.7. The first-order valence-electron chi connectivity index (χ1n) is 8.30. The standard InChI is InChI=1S/C20H20N2O3S/c1-13-12-26-20(21-13)22-14(2)9-17(15(22)3)18(23)11-25-19(24)10-16-7-5-4-6-8-16/h4-9,12H,10-11H2,1-3H3. The molecule has 1 aromatic carbocycles. The Morgan fingerprint density at radius 1 is 1.15 bits per heavy atom. The van der Waals surface area contributed by atoms with Crippen LogP contribution in [0.4, 0.5) is 0 Å². The Morgan fingerprint density at radius 2 is 1.88 bits per heavy atom. The van der Waals surface area contributed by atoms with Crippen molar-refractivity contribution in [2.45, 2.75) is 27.2 Å². The Morgan fingerprint density at radius 3 is 2.54 bits per heavy atom. The molecule has 2 heterocycles. The Hall–Kier alpha value is -2.73. The summed E-state index contributed by atoms with van der Waals surface area (Å²) in [5, 5.41) is 2.80. The number of carbonyl (C=O) groups excluding carboxylic acids is 2. The highest BCUT2D eigenvalue weighted by Gasteiger charge is 2.19. The number of hydrogen-bond donors (Lipinski definition) is 0. The third kappa shape index (κ3) is 3.91. The number of ketones is 1. The fourth-order valence-electron chi connectivity index (χ4n) is 2.82. The Labute approximate surface area is 156 Å². The topological polar surface area (TPSA) is 61.2 Å². The van der Waals surface area contributed by atoms with Crippen LogP contribution >= 0.6 is 11.3 Å². The van der Waals surface area contributed by atoms with Gasteiger partial charge in [0, 0.05) is 22.3 Å². The fourth-order valence-corrected chi connectivity index (χ4v) is 3.73. The highest BCUT2D eigenvalue weighted by molar-refractivity contribution is 7.12. The van der Waals surface area contributed by atoms with Crippen LogP contribution in [-0.4, -0.2) is 27.9 Å². The molecule has 3 rings (SSSR count). The molecule has 0 aliphatic carbocycles. The molecule has 0 aliphatic heterocycles. The molecule has 0 amide bonds. The lowest BCUT2D eigenvalue weighted by molar-refractivity contribution is -0.141. The van der Waals surface area contributed by atoms with Crippen LogP contribution in [0.15, 0.2) is 41.8 Å². The number of benzene rings is 1. The number of Topliss-reactive ketones (excluding diaryl/α,β-unsaturated/α-hetero) is 1. The number of esters is 1. The molecule has 26 heavy (non-hydrogen) atoms. The second-order valence-corrected chi connectivity index (χ2v) is 6.97. The number of carbonyl (C=O) groups is 2. The molecule has 0 saturated heterocycles. The molecule has 134 valence electrons. The molecule has 0 saturated carbocycles. The Bertz CT molecular complexity index is 941. The molecule has 0 fully saturated rings. The van der Waals surface area contributed by atoms with Crippen LogP contribution in [0.5, 0.6) is 0 Å². The average molecular weight is 368 g/mol. The number of thiazole rings is 1. The Kier molecular flexibility index (Phi) is 5.32. The van der Waals surface area contributed by atoms with Crippen molar-refractivity contribution >= 4 is 23.1 Å². The van der Waals surface area contributed by atoms with Gasteiger partial charge >= 0.3 is 5.97 Å². The number of ether oxygens (including phenoxy) is 1. The van der Waals surface area contributed by atoms with E-state index in [1.54, 1.807) is 0 Å². The molecule has 3 aromatic rings. The van der Waals surface area contributed by atoms with Gasteiger partial charge in [-0.2, -0.15) is 0 Å². The molecule has 5 nitrogen and oxygen atoms in total. The highest BCUT2D eigenvalue weighted by Crippen LogP contribution is 2.23. The number of hydrogen-bond acceptors (Lipinski definition) is 5. The quantitative estimate of drug-likeness (QED) is 0.490. The van der Waals surface area contributed by atoms with Crippen LogP contribution in [0.1, 0.15) is 33.0 Å². The van der Waals surface area contributed by atoms with Crippen molar-refractivity contribution in [2.24, 2.45) is 0 Å². The first-order valence-corrected chi connectivity index (χ1v) is 9.18. The third-order valence-corrected chi connectivity index (χ3v) is 5.03. The van der Waals surface area contributed by atoms with E-state index in [2.05, 4.69) is 4.98 Å². The van der Waals surface area contributed by atoms with Gasteiger partial charge in [0.25, 0.3) is 0 Å². The van der Waals surface area contributed by atoms with E-state index in [-0.39, 0.29) is 18.8 Å². The normalized spacial score (nSPS) is 10.7.